The van der Waals surface area contributed by atoms with E-state index >= 15 is 0 Å². The summed E-state index contributed by atoms with van der Waals surface area (Å²) in [5.74, 6) is 1.96. The van der Waals surface area contributed by atoms with Crippen LogP contribution in [0.1, 0.15) is 69.2 Å². The summed E-state index contributed by atoms with van der Waals surface area (Å²) >= 11 is 2.04. The number of aromatic nitrogens is 2. The molecule has 1 N–H and O–H groups in total. The van der Waals surface area contributed by atoms with Gasteiger partial charge in [-0.2, -0.15) is 11.8 Å². The third-order valence-corrected chi connectivity index (χ3v) is 5.38. The largest absolute Gasteiger partial charge is 0.308 e. The Labute approximate surface area is 133 Å². The molecule has 0 spiro atoms. The zero-order valence-corrected chi connectivity index (χ0v) is 14.9. The molecule has 0 saturated heterocycles. The molecule has 1 aliphatic carbocycles. The van der Waals surface area contributed by atoms with Crippen LogP contribution in [0.3, 0.4) is 0 Å². The molecule has 1 aromatic heterocycles. The van der Waals surface area contributed by atoms with Crippen LogP contribution in [0.25, 0.3) is 0 Å². The predicted octanol–water partition coefficient (Wildman–Crippen LogP) is 4.16. The van der Waals surface area contributed by atoms with Crippen molar-refractivity contribution in [3.63, 3.8) is 0 Å². The Morgan fingerprint density at radius 3 is 2.19 bits per heavy atom. The van der Waals surface area contributed by atoms with E-state index in [1.54, 1.807) is 0 Å². The normalized spacial score (nSPS) is 16.6. The lowest BCUT2D eigenvalue weighted by Crippen LogP contribution is -2.35. The monoisotopic (exact) mass is 307 g/mol. The fourth-order valence-corrected chi connectivity index (χ4v) is 3.91. The van der Waals surface area contributed by atoms with Gasteiger partial charge in [-0.3, -0.25) is 0 Å². The molecule has 0 atom stereocenters. The summed E-state index contributed by atoms with van der Waals surface area (Å²) < 4.78 is 0. The van der Waals surface area contributed by atoms with Gasteiger partial charge in [-0.15, -0.1) is 0 Å². The molecule has 1 heterocycles. The maximum atomic E-state index is 4.72. The van der Waals surface area contributed by atoms with Crippen molar-refractivity contribution >= 4 is 11.8 Å². The summed E-state index contributed by atoms with van der Waals surface area (Å²) in [6.07, 6.45) is 5.54. The second-order valence-corrected chi connectivity index (χ2v) is 8.40. The predicted molar refractivity (Wildman–Crippen MR) is 91.6 cm³/mol. The van der Waals surface area contributed by atoms with Crippen molar-refractivity contribution in [2.45, 2.75) is 83.4 Å². The minimum absolute atomic E-state index is 0.121. The van der Waals surface area contributed by atoms with Crippen LogP contribution in [-0.2, 0) is 12.3 Å². The SMILES string of the molecule is Cc1nc(CSC2CCCC2)nc(C)c1CNC(C)(C)C. The Balaban J connectivity index is 1.98. The lowest BCUT2D eigenvalue weighted by Gasteiger charge is -2.22. The van der Waals surface area contributed by atoms with Crippen LogP contribution in [-0.4, -0.2) is 20.8 Å². The molecule has 0 bridgehead atoms. The molecule has 1 aliphatic rings. The molecule has 4 heteroatoms. The number of hydrogen-bond donors (Lipinski definition) is 1. The topological polar surface area (TPSA) is 37.8 Å². The van der Waals surface area contributed by atoms with Crippen LogP contribution < -0.4 is 5.32 Å². The van der Waals surface area contributed by atoms with Crippen LogP contribution in [0, 0.1) is 13.8 Å². The van der Waals surface area contributed by atoms with Crippen molar-refractivity contribution in [3.8, 4) is 0 Å². The van der Waals surface area contributed by atoms with Crippen molar-refractivity contribution in [2.24, 2.45) is 0 Å². The number of rotatable bonds is 5. The van der Waals surface area contributed by atoms with Crippen molar-refractivity contribution in [1.82, 2.24) is 15.3 Å². The summed E-state index contributed by atoms with van der Waals surface area (Å²) in [7, 11) is 0. The molecule has 1 saturated carbocycles. The molecule has 2 rings (SSSR count). The summed E-state index contributed by atoms with van der Waals surface area (Å²) in [5, 5.41) is 4.36. The van der Waals surface area contributed by atoms with Gasteiger partial charge < -0.3 is 5.32 Å². The van der Waals surface area contributed by atoms with Crippen molar-refractivity contribution in [1.29, 1.82) is 0 Å². The Bertz CT molecular complexity index is 450. The lowest BCUT2D eigenvalue weighted by molar-refractivity contribution is 0.422. The number of thioether (sulfide) groups is 1. The van der Waals surface area contributed by atoms with Crippen LogP contribution in [0.2, 0.25) is 0 Å². The van der Waals surface area contributed by atoms with Crippen LogP contribution in [0.4, 0.5) is 0 Å². The number of nitrogens with zero attached hydrogens (tertiary/aromatic N) is 2. The first-order valence-electron chi connectivity index (χ1n) is 8.05. The first-order chi connectivity index (χ1) is 9.85. The molecule has 21 heavy (non-hydrogen) atoms. The minimum atomic E-state index is 0.121. The number of hydrogen-bond acceptors (Lipinski definition) is 4. The fourth-order valence-electron chi connectivity index (χ4n) is 2.73. The van der Waals surface area contributed by atoms with Gasteiger partial charge in [-0.25, -0.2) is 9.97 Å². The van der Waals surface area contributed by atoms with E-state index in [1.807, 2.05) is 11.8 Å². The standard InChI is InChI=1S/C17H29N3S/c1-12-15(10-18-17(3,4)5)13(2)20-16(19-12)11-21-14-8-6-7-9-14/h14,18H,6-11H2,1-5H3. The van der Waals surface area contributed by atoms with Gasteiger partial charge >= 0.3 is 0 Å². The zero-order chi connectivity index (χ0) is 15.5. The van der Waals surface area contributed by atoms with Gasteiger partial charge in [-0.1, -0.05) is 12.8 Å². The highest BCUT2D eigenvalue weighted by molar-refractivity contribution is 7.99. The third kappa shape index (κ3) is 5.26. The molecule has 1 aromatic rings. The maximum Gasteiger partial charge on any atom is 0.138 e. The second-order valence-electron chi connectivity index (χ2n) is 7.11. The summed E-state index contributed by atoms with van der Waals surface area (Å²) in [4.78, 5) is 9.45. The molecule has 1 fully saturated rings. The second kappa shape index (κ2) is 7.10. The van der Waals surface area contributed by atoms with Crippen LogP contribution in [0.15, 0.2) is 0 Å². The van der Waals surface area contributed by atoms with Crippen molar-refractivity contribution < 1.29 is 0 Å². The van der Waals surface area contributed by atoms with Gasteiger partial charge in [0, 0.05) is 34.3 Å². The fraction of sp³-hybridized carbons (Fsp3) is 0.765. The van der Waals surface area contributed by atoms with Gasteiger partial charge in [0.1, 0.15) is 5.82 Å². The molecule has 0 unspecified atom stereocenters. The van der Waals surface area contributed by atoms with Gasteiger partial charge in [0.05, 0.1) is 5.75 Å². The van der Waals surface area contributed by atoms with E-state index in [4.69, 9.17) is 9.97 Å². The third-order valence-electron chi connectivity index (χ3n) is 4.01. The Morgan fingerprint density at radius 2 is 1.67 bits per heavy atom. The van der Waals surface area contributed by atoms with E-state index in [9.17, 15) is 0 Å². The van der Waals surface area contributed by atoms with E-state index in [0.717, 1.165) is 34.8 Å². The van der Waals surface area contributed by atoms with E-state index < -0.39 is 0 Å². The lowest BCUT2D eigenvalue weighted by atomic mass is 10.1. The Kier molecular flexibility index (Phi) is 5.67. The molecule has 118 valence electrons. The summed E-state index contributed by atoms with van der Waals surface area (Å²) in [6, 6.07) is 0. The number of nitrogens with one attached hydrogen (secondary N) is 1. The highest BCUT2D eigenvalue weighted by atomic mass is 32.2. The molecular weight excluding hydrogens is 278 g/mol. The smallest absolute Gasteiger partial charge is 0.138 e. The quantitative estimate of drug-likeness (QED) is 0.886. The Hall–Kier alpha value is -0.610. The molecule has 0 aliphatic heterocycles. The van der Waals surface area contributed by atoms with E-state index in [1.165, 1.54) is 31.2 Å². The van der Waals surface area contributed by atoms with Gasteiger partial charge in [0.15, 0.2) is 0 Å². The van der Waals surface area contributed by atoms with E-state index in [2.05, 4.69) is 39.9 Å². The van der Waals surface area contributed by atoms with Crippen LogP contribution in [0.5, 0.6) is 0 Å². The summed E-state index contributed by atoms with van der Waals surface area (Å²) in [6.45, 7) is 11.6. The van der Waals surface area contributed by atoms with E-state index in [-0.39, 0.29) is 5.54 Å². The Morgan fingerprint density at radius 1 is 1.10 bits per heavy atom. The molecular formula is C17H29N3S. The first-order valence-corrected chi connectivity index (χ1v) is 9.09. The van der Waals surface area contributed by atoms with Gasteiger partial charge in [-0.05, 0) is 47.5 Å². The van der Waals surface area contributed by atoms with Gasteiger partial charge in [0.25, 0.3) is 0 Å². The molecule has 0 radical (unpaired) electrons. The zero-order valence-electron chi connectivity index (χ0n) is 14.1. The van der Waals surface area contributed by atoms with Crippen LogP contribution >= 0.6 is 11.8 Å². The average molecular weight is 308 g/mol. The van der Waals surface area contributed by atoms with Crippen molar-refractivity contribution in [2.75, 3.05) is 0 Å². The summed E-state index contributed by atoms with van der Waals surface area (Å²) in [5.41, 5.74) is 3.62. The molecule has 0 amide bonds. The number of aryl methyl sites for hydroxylation is 2. The van der Waals surface area contributed by atoms with Crippen molar-refractivity contribution in [3.05, 3.63) is 22.8 Å². The molecule has 3 nitrogen and oxygen atoms in total. The first kappa shape index (κ1) is 16.8. The van der Waals surface area contributed by atoms with E-state index in [0.29, 0.717) is 0 Å². The van der Waals surface area contributed by atoms with Gasteiger partial charge in [0.2, 0.25) is 0 Å². The average Bonchev–Trinajstić information content (AvgIpc) is 2.87. The maximum absolute atomic E-state index is 4.72. The highest BCUT2D eigenvalue weighted by Crippen LogP contribution is 2.31. The molecule has 0 aromatic carbocycles. The highest BCUT2D eigenvalue weighted by Gasteiger charge is 2.17. The minimum Gasteiger partial charge on any atom is -0.308 e.